The monoisotopic (exact) mass is 672 g/mol. The summed E-state index contributed by atoms with van der Waals surface area (Å²) < 4.78 is 22.7. The van der Waals surface area contributed by atoms with E-state index in [4.69, 9.17) is 30.2 Å². The van der Waals surface area contributed by atoms with Crippen molar-refractivity contribution in [3.8, 4) is 11.5 Å². The number of hydrogen-bond donors (Lipinski definition) is 0. The van der Waals surface area contributed by atoms with Gasteiger partial charge in [-0.15, -0.1) is 0 Å². The van der Waals surface area contributed by atoms with Gasteiger partial charge in [0.2, 0.25) is 12.7 Å². The minimum absolute atomic E-state index is 0.0350. The number of benzene rings is 3. The van der Waals surface area contributed by atoms with E-state index in [9.17, 15) is 14.4 Å². The Hall–Kier alpha value is -4.34. The Balaban J connectivity index is 1.25. The predicted octanol–water partition coefficient (Wildman–Crippen LogP) is 7.15. The molecule has 0 aliphatic carbocycles. The lowest BCUT2D eigenvalue weighted by molar-refractivity contribution is -0.133. The molecule has 10 heteroatoms. The van der Waals surface area contributed by atoms with Crippen LogP contribution in [0.25, 0.3) is 11.0 Å². The van der Waals surface area contributed by atoms with Gasteiger partial charge in [0.15, 0.2) is 16.9 Å². The Morgan fingerprint density at radius 3 is 2.50 bits per heavy atom. The zero-order valence-corrected chi connectivity index (χ0v) is 28.0. The molecule has 0 radical (unpaired) electrons. The second-order valence-electron chi connectivity index (χ2n) is 12.5. The lowest BCUT2D eigenvalue weighted by Crippen LogP contribution is -2.45. The number of carbonyl (C=O) groups excluding carboxylic acids is 2. The Morgan fingerprint density at radius 1 is 0.896 bits per heavy atom. The van der Waals surface area contributed by atoms with Gasteiger partial charge >= 0.3 is 0 Å². The van der Waals surface area contributed by atoms with Crippen molar-refractivity contribution >= 4 is 34.4 Å². The van der Waals surface area contributed by atoms with E-state index in [2.05, 4.69) is 6.92 Å². The minimum atomic E-state index is -0.322. The molecule has 3 aromatic carbocycles. The summed E-state index contributed by atoms with van der Waals surface area (Å²) in [5.74, 6) is 0.657. The third-order valence-corrected chi connectivity index (χ3v) is 9.15. The van der Waals surface area contributed by atoms with Crippen LogP contribution < -0.4 is 14.9 Å². The van der Waals surface area contributed by atoms with Crippen molar-refractivity contribution in [1.29, 1.82) is 0 Å². The number of ether oxygens (including phenoxy) is 3. The van der Waals surface area contributed by atoms with Crippen LogP contribution in [-0.2, 0) is 29.0 Å². The third-order valence-electron chi connectivity index (χ3n) is 8.91. The van der Waals surface area contributed by atoms with Gasteiger partial charge in [0, 0.05) is 30.3 Å². The Labute approximate surface area is 285 Å². The van der Waals surface area contributed by atoms with Crippen LogP contribution in [-0.4, -0.2) is 54.2 Å². The van der Waals surface area contributed by atoms with Crippen molar-refractivity contribution in [3.05, 3.63) is 104 Å². The van der Waals surface area contributed by atoms with E-state index >= 15 is 0 Å². The molecule has 4 aromatic rings. The molecule has 2 aliphatic heterocycles. The van der Waals surface area contributed by atoms with Gasteiger partial charge in [-0.1, -0.05) is 56.0 Å². The van der Waals surface area contributed by atoms with E-state index in [0.29, 0.717) is 45.2 Å². The Morgan fingerprint density at radius 2 is 1.71 bits per heavy atom. The molecule has 6 rings (SSSR count). The maximum Gasteiger partial charge on any atom is 0.254 e. The van der Waals surface area contributed by atoms with Gasteiger partial charge < -0.3 is 28.4 Å². The molecule has 0 bridgehead atoms. The van der Waals surface area contributed by atoms with Gasteiger partial charge in [-0.2, -0.15) is 0 Å². The largest absolute Gasteiger partial charge is 0.464 e. The highest BCUT2D eigenvalue weighted by atomic mass is 35.5. The van der Waals surface area contributed by atoms with Crippen LogP contribution in [0.2, 0.25) is 5.02 Å². The maximum atomic E-state index is 14.2. The lowest BCUT2D eigenvalue weighted by atomic mass is 10.0. The van der Waals surface area contributed by atoms with Crippen LogP contribution in [0, 0.1) is 0 Å². The van der Waals surface area contributed by atoms with Crippen molar-refractivity contribution in [2.45, 2.75) is 71.1 Å². The SMILES string of the molecule is CCCCCCc1ccc(C(=O)N(CC(=O)N(Cc2ccc3c(c2)OCO3)Cc2coc3ccc(Cl)cc3c2=O)CC2CCCO2)cc1. The summed E-state index contributed by atoms with van der Waals surface area (Å²) in [5.41, 5.74) is 2.92. The Kier molecular flexibility index (Phi) is 11.0. The normalized spacial score (nSPS) is 15.2. The van der Waals surface area contributed by atoms with Crippen molar-refractivity contribution in [3.63, 3.8) is 0 Å². The molecule has 1 atom stereocenters. The van der Waals surface area contributed by atoms with Crippen molar-refractivity contribution in [1.82, 2.24) is 9.80 Å². The predicted molar refractivity (Wildman–Crippen MR) is 183 cm³/mol. The van der Waals surface area contributed by atoms with Gasteiger partial charge in [-0.25, -0.2) is 0 Å². The summed E-state index contributed by atoms with van der Waals surface area (Å²) in [6, 6.07) is 18.0. The summed E-state index contributed by atoms with van der Waals surface area (Å²) in [7, 11) is 0. The average Bonchev–Trinajstić information content (AvgIpc) is 3.79. The molecule has 1 aromatic heterocycles. The second kappa shape index (κ2) is 15.7. The molecule has 2 amide bonds. The number of aryl methyl sites for hydroxylation is 1. The number of fused-ring (bicyclic) bond motifs is 2. The number of unbranched alkanes of at least 4 members (excludes halogenated alkanes) is 3. The number of hydrogen-bond acceptors (Lipinski definition) is 7. The van der Waals surface area contributed by atoms with Crippen molar-refractivity contribution in [2.24, 2.45) is 0 Å². The molecule has 9 nitrogen and oxygen atoms in total. The molecule has 1 fully saturated rings. The van der Waals surface area contributed by atoms with E-state index in [-0.39, 0.29) is 56.3 Å². The first-order valence-electron chi connectivity index (χ1n) is 16.7. The van der Waals surface area contributed by atoms with Gasteiger partial charge in [-0.05, 0) is 79.3 Å². The Bertz CT molecular complexity index is 1800. The van der Waals surface area contributed by atoms with Crippen molar-refractivity contribution < 1.29 is 28.2 Å². The van der Waals surface area contributed by atoms with E-state index in [1.807, 2.05) is 36.4 Å². The van der Waals surface area contributed by atoms with Crippen LogP contribution in [0.15, 0.2) is 76.1 Å². The third kappa shape index (κ3) is 8.20. The molecule has 1 unspecified atom stereocenters. The number of nitrogens with zero attached hydrogens (tertiary/aromatic N) is 2. The first-order chi connectivity index (χ1) is 23.4. The van der Waals surface area contributed by atoms with Crippen LogP contribution in [0.1, 0.15) is 72.5 Å². The van der Waals surface area contributed by atoms with E-state index in [1.54, 1.807) is 34.1 Å². The van der Waals surface area contributed by atoms with Crippen molar-refractivity contribution in [2.75, 3.05) is 26.5 Å². The molecular weight excluding hydrogens is 632 g/mol. The molecule has 252 valence electrons. The van der Waals surface area contributed by atoms with Gasteiger partial charge in [-0.3, -0.25) is 14.4 Å². The fourth-order valence-corrected chi connectivity index (χ4v) is 6.39. The summed E-state index contributed by atoms with van der Waals surface area (Å²) in [6.07, 6.45) is 8.63. The summed E-state index contributed by atoms with van der Waals surface area (Å²) in [4.78, 5) is 44.9. The molecule has 0 spiro atoms. The minimum Gasteiger partial charge on any atom is -0.464 e. The molecule has 48 heavy (non-hydrogen) atoms. The second-order valence-corrected chi connectivity index (χ2v) is 12.9. The van der Waals surface area contributed by atoms with E-state index < -0.39 is 0 Å². The van der Waals surface area contributed by atoms with Gasteiger partial charge in [0.25, 0.3) is 5.91 Å². The first-order valence-corrected chi connectivity index (χ1v) is 17.1. The van der Waals surface area contributed by atoms with Crippen LogP contribution in [0.4, 0.5) is 0 Å². The number of carbonyl (C=O) groups is 2. The first kappa shape index (κ1) is 33.6. The van der Waals surface area contributed by atoms with Crippen LogP contribution in [0.3, 0.4) is 0 Å². The lowest BCUT2D eigenvalue weighted by Gasteiger charge is -2.29. The number of halogens is 1. The highest BCUT2D eigenvalue weighted by molar-refractivity contribution is 6.31. The topological polar surface area (TPSA) is 98.5 Å². The fraction of sp³-hybridized carbons (Fsp3) is 0.395. The zero-order valence-electron chi connectivity index (χ0n) is 27.3. The molecule has 0 saturated carbocycles. The maximum absolute atomic E-state index is 14.2. The molecule has 0 N–H and O–H groups in total. The summed E-state index contributed by atoms with van der Waals surface area (Å²) in [5, 5.41) is 0.743. The molecule has 1 saturated heterocycles. The quantitative estimate of drug-likeness (QED) is 0.131. The highest BCUT2D eigenvalue weighted by Gasteiger charge is 2.28. The average molecular weight is 673 g/mol. The van der Waals surface area contributed by atoms with E-state index in [0.717, 1.165) is 31.2 Å². The summed E-state index contributed by atoms with van der Waals surface area (Å²) >= 11 is 6.19. The van der Waals surface area contributed by atoms with Gasteiger partial charge in [0.1, 0.15) is 12.1 Å². The van der Waals surface area contributed by atoms with Crippen LogP contribution >= 0.6 is 11.6 Å². The fourth-order valence-electron chi connectivity index (χ4n) is 6.22. The molecule has 2 aliphatic rings. The van der Waals surface area contributed by atoms with Gasteiger partial charge in [0.05, 0.1) is 29.9 Å². The van der Waals surface area contributed by atoms with Crippen LogP contribution in [0.5, 0.6) is 11.5 Å². The number of rotatable bonds is 14. The standard InChI is InChI=1S/C38H41ClN2O7/c1-2-3-4-5-7-26-9-12-28(13-10-26)38(44)41(22-31-8-6-17-45-31)23-36(42)40(20-27-11-15-34-35(18-27)48-25-47-34)21-29-24-46-33-16-14-30(39)19-32(33)37(29)43/h9-16,18-19,24,31H,2-8,17,20-23,25H2,1H3. The molecule has 3 heterocycles. The smallest absolute Gasteiger partial charge is 0.254 e. The zero-order chi connectivity index (χ0) is 33.5. The molecular formula is C38H41ClN2O7. The van der Waals surface area contributed by atoms with E-state index in [1.165, 1.54) is 31.1 Å². The highest BCUT2D eigenvalue weighted by Crippen LogP contribution is 2.33. The number of amides is 2. The summed E-state index contributed by atoms with van der Waals surface area (Å²) in [6.45, 7) is 3.18.